The van der Waals surface area contributed by atoms with Gasteiger partial charge in [-0.3, -0.25) is 4.79 Å². The zero-order valence-electron chi connectivity index (χ0n) is 13.9. The third-order valence-corrected chi connectivity index (χ3v) is 5.16. The Labute approximate surface area is 151 Å². The minimum absolute atomic E-state index is 0.144. The van der Waals surface area contributed by atoms with Crippen molar-refractivity contribution in [1.29, 1.82) is 0 Å². The standard InChI is InChI=1S/C19H18N2O4S/c22-19(20-14-17-5-4-12-25-17)16-10-8-15(9-11-16)13-21-26(23,24)18-6-2-1-3-7-18/h1-12,21H,13-14H2,(H,20,22). The molecule has 0 radical (unpaired) electrons. The molecule has 134 valence electrons. The lowest BCUT2D eigenvalue weighted by atomic mass is 10.1. The summed E-state index contributed by atoms with van der Waals surface area (Å²) in [5.74, 6) is 0.447. The minimum Gasteiger partial charge on any atom is -0.467 e. The first-order valence-electron chi connectivity index (χ1n) is 7.99. The highest BCUT2D eigenvalue weighted by molar-refractivity contribution is 7.89. The lowest BCUT2D eigenvalue weighted by Gasteiger charge is -2.08. The summed E-state index contributed by atoms with van der Waals surface area (Å²) in [7, 11) is -3.56. The molecule has 3 aromatic rings. The Hall–Kier alpha value is -2.90. The summed E-state index contributed by atoms with van der Waals surface area (Å²) in [5, 5.41) is 2.75. The molecule has 0 aliphatic rings. The van der Waals surface area contributed by atoms with Crippen LogP contribution in [0.3, 0.4) is 0 Å². The molecule has 0 saturated heterocycles. The van der Waals surface area contributed by atoms with Gasteiger partial charge in [0.15, 0.2) is 0 Å². The summed E-state index contributed by atoms with van der Waals surface area (Å²) in [5.41, 5.74) is 1.25. The maximum absolute atomic E-state index is 12.2. The van der Waals surface area contributed by atoms with E-state index >= 15 is 0 Å². The Morgan fingerprint density at radius 3 is 2.27 bits per heavy atom. The van der Waals surface area contributed by atoms with E-state index in [-0.39, 0.29) is 17.3 Å². The highest BCUT2D eigenvalue weighted by Gasteiger charge is 2.13. The van der Waals surface area contributed by atoms with Crippen molar-refractivity contribution >= 4 is 15.9 Å². The number of carbonyl (C=O) groups is 1. The Bertz CT molecular complexity index is 951. The molecule has 26 heavy (non-hydrogen) atoms. The van der Waals surface area contributed by atoms with Gasteiger partial charge < -0.3 is 9.73 Å². The molecular formula is C19H18N2O4S. The number of sulfonamides is 1. The van der Waals surface area contributed by atoms with Crippen LogP contribution in [0, 0.1) is 0 Å². The molecule has 0 spiro atoms. The van der Waals surface area contributed by atoms with Crippen LogP contribution in [-0.2, 0) is 23.1 Å². The normalized spacial score (nSPS) is 11.2. The monoisotopic (exact) mass is 370 g/mol. The largest absolute Gasteiger partial charge is 0.467 e. The second-order valence-electron chi connectivity index (χ2n) is 5.60. The molecule has 0 unspecified atom stereocenters. The molecule has 6 nitrogen and oxygen atoms in total. The van der Waals surface area contributed by atoms with Crippen LogP contribution in [-0.4, -0.2) is 14.3 Å². The fraction of sp³-hybridized carbons (Fsp3) is 0.105. The van der Waals surface area contributed by atoms with Gasteiger partial charge in [0.05, 0.1) is 17.7 Å². The fourth-order valence-electron chi connectivity index (χ4n) is 2.32. The summed E-state index contributed by atoms with van der Waals surface area (Å²) in [6.07, 6.45) is 1.55. The van der Waals surface area contributed by atoms with E-state index in [0.29, 0.717) is 17.9 Å². The highest BCUT2D eigenvalue weighted by atomic mass is 32.2. The molecule has 0 aliphatic heterocycles. The van der Waals surface area contributed by atoms with Crippen LogP contribution in [0.4, 0.5) is 0 Å². The molecule has 1 aromatic heterocycles. The SMILES string of the molecule is O=C(NCc1ccco1)c1ccc(CNS(=O)(=O)c2ccccc2)cc1. The predicted octanol–water partition coefficient (Wildman–Crippen LogP) is 2.69. The second kappa shape index (κ2) is 7.99. The van der Waals surface area contributed by atoms with Gasteiger partial charge in [-0.1, -0.05) is 30.3 Å². The van der Waals surface area contributed by atoms with Crippen molar-refractivity contribution in [2.75, 3.05) is 0 Å². The summed E-state index contributed by atoms with van der Waals surface area (Å²) in [6, 6.07) is 18.5. The van der Waals surface area contributed by atoms with E-state index in [9.17, 15) is 13.2 Å². The van der Waals surface area contributed by atoms with Gasteiger partial charge in [0.2, 0.25) is 10.0 Å². The molecule has 2 aromatic carbocycles. The van der Waals surface area contributed by atoms with Crippen molar-refractivity contribution in [3.05, 3.63) is 89.9 Å². The summed E-state index contributed by atoms with van der Waals surface area (Å²) >= 11 is 0. The third-order valence-electron chi connectivity index (χ3n) is 3.74. The van der Waals surface area contributed by atoms with Gasteiger partial charge in [0.25, 0.3) is 5.91 Å². The number of furan rings is 1. The lowest BCUT2D eigenvalue weighted by molar-refractivity contribution is 0.0948. The van der Waals surface area contributed by atoms with Crippen LogP contribution in [0.15, 0.2) is 82.3 Å². The zero-order chi connectivity index (χ0) is 18.4. The first-order chi connectivity index (χ1) is 12.5. The number of rotatable bonds is 7. The van der Waals surface area contributed by atoms with Gasteiger partial charge in [0, 0.05) is 12.1 Å². The van der Waals surface area contributed by atoms with Crippen molar-refractivity contribution in [3.63, 3.8) is 0 Å². The number of hydrogen-bond acceptors (Lipinski definition) is 4. The molecule has 0 atom stereocenters. The van der Waals surface area contributed by atoms with Crippen molar-refractivity contribution < 1.29 is 17.6 Å². The summed E-state index contributed by atoms with van der Waals surface area (Å²) < 4.78 is 32.1. The quantitative estimate of drug-likeness (QED) is 0.669. The average Bonchev–Trinajstić information content (AvgIpc) is 3.19. The molecule has 0 saturated carbocycles. The van der Waals surface area contributed by atoms with E-state index in [1.165, 1.54) is 12.1 Å². The van der Waals surface area contributed by atoms with Gasteiger partial charge in [-0.2, -0.15) is 0 Å². The topological polar surface area (TPSA) is 88.4 Å². The Morgan fingerprint density at radius 1 is 0.885 bits per heavy atom. The number of hydrogen-bond donors (Lipinski definition) is 2. The molecule has 7 heteroatoms. The Morgan fingerprint density at radius 2 is 1.62 bits per heavy atom. The van der Waals surface area contributed by atoms with E-state index in [4.69, 9.17) is 4.42 Å². The highest BCUT2D eigenvalue weighted by Crippen LogP contribution is 2.10. The van der Waals surface area contributed by atoms with Crippen molar-refractivity contribution in [2.45, 2.75) is 18.0 Å². The number of benzene rings is 2. The van der Waals surface area contributed by atoms with E-state index in [2.05, 4.69) is 10.0 Å². The van der Waals surface area contributed by atoms with Crippen molar-refractivity contribution in [1.82, 2.24) is 10.0 Å². The van der Waals surface area contributed by atoms with Gasteiger partial charge in [-0.05, 0) is 42.0 Å². The van der Waals surface area contributed by atoms with Gasteiger partial charge in [-0.15, -0.1) is 0 Å². The van der Waals surface area contributed by atoms with E-state index in [1.807, 2.05) is 0 Å². The second-order valence-corrected chi connectivity index (χ2v) is 7.36. The lowest BCUT2D eigenvalue weighted by Crippen LogP contribution is -2.24. The van der Waals surface area contributed by atoms with Crippen LogP contribution in [0.2, 0.25) is 0 Å². The number of amides is 1. The summed E-state index contributed by atoms with van der Waals surface area (Å²) in [4.78, 5) is 12.3. The third kappa shape index (κ3) is 4.59. The van der Waals surface area contributed by atoms with Crippen molar-refractivity contribution in [3.8, 4) is 0 Å². The molecule has 0 fully saturated rings. The molecular weight excluding hydrogens is 352 g/mol. The first kappa shape index (κ1) is 17.9. The minimum atomic E-state index is -3.56. The van der Waals surface area contributed by atoms with Crippen molar-refractivity contribution in [2.24, 2.45) is 0 Å². The maximum atomic E-state index is 12.2. The Balaban J connectivity index is 1.56. The van der Waals surface area contributed by atoms with Crippen LogP contribution < -0.4 is 10.0 Å². The smallest absolute Gasteiger partial charge is 0.251 e. The summed E-state index contributed by atoms with van der Waals surface area (Å²) in [6.45, 7) is 0.454. The van der Waals surface area contributed by atoms with Crippen LogP contribution in [0.5, 0.6) is 0 Å². The van der Waals surface area contributed by atoms with Gasteiger partial charge >= 0.3 is 0 Å². The van der Waals surface area contributed by atoms with Crippen LogP contribution >= 0.6 is 0 Å². The molecule has 2 N–H and O–H groups in total. The average molecular weight is 370 g/mol. The van der Waals surface area contributed by atoms with Gasteiger partial charge in [-0.25, -0.2) is 13.1 Å². The number of nitrogens with one attached hydrogen (secondary N) is 2. The zero-order valence-corrected chi connectivity index (χ0v) is 14.7. The fourth-order valence-corrected chi connectivity index (χ4v) is 3.36. The van der Waals surface area contributed by atoms with Gasteiger partial charge in [0.1, 0.15) is 5.76 Å². The molecule has 3 rings (SSSR count). The van der Waals surface area contributed by atoms with E-state index in [1.54, 1.807) is 60.9 Å². The number of carbonyl (C=O) groups excluding carboxylic acids is 1. The van der Waals surface area contributed by atoms with Crippen LogP contribution in [0.1, 0.15) is 21.7 Å². The molecule has 1 amide bonds. The molecule has 1 heterocycles. The molecule has 0 aliphatic carbocycles. The van der Waals surface area contributed by atoms with E-state index < -0.39 is 10.0 Å². The van der Waals surface area contributed by atoms with E-state index in [0.717, 1.165) is 5.56 Å². The maximum Gasteiger partial charge on any atom is 0.251 e. The first-order valence-corrected chi connectivity index (χ1v) is 9.47. The Kier molecular flexibility index (Phi) is 5.50. The predicted molar refractivity (Wildman–Crippen MR) is 96.8 cm³/mol. The molecule has 0 bridgehead atoms. The van der Waals surface area contributed by atoms with Crippen LogP contribution in [0.25, 0.3) is 0 Å².